The van der Waals surface area contributed by atoms with Crippen LogP contribution in [0.15, 0.2) is 4.99 Å². The third-order valence-electron chi connectivity index (χ3n) is 4.34. The van der Waals surface area contributed by atoms with Crippen molar-refractivity contribution in [2.24, 2.45) is 22.1 Å². The summed E-state index contributed by atoms with van der Waals surface area (Å²) in [4.78, 5) is 4.55. The summed E-state index contributed by atoms with van der Waals surface area (Å²) in [6.07, 6.45) is 7.33. The summed E-state index contributed by atoms with van der Waals surface area (Å²) in [6, 6.07) is 0.408. The summed E-state index contributed by atoms with van der Waals surface area (Å²) in [7, 11) is 0. The molecule has 22 heavy (non-hydrogen) atoms. The second kappa shape index (κ2) is 11.5. The number of ether oxygens (including phenoxy) is 1. The van der Waals surface area contributed by atoms with E-state index in [0.29, 0.717) is 17.4 Å². The Labute approximate surface area is 154 Å². The highest BCUT2D eigenvalue weighted by Crippen LogP contribution is 2.48. The Morgan fingerprint density at radius 2 is 1.95 bits per heavy atom. The van der Waals surface area contributed by atoms with Crippen molar-refractivity contribution < 1.29 is 4.74 Å². The SMILES string of the molecule is CCOCCC1(CN=C(N)NC(C)CCCC(C)C)CC1.I. The van der Waals surface area contributed by atoms with Gasteiger partial charge >= 0.3 is 0 Å². The topological polar surface area (TPSA) is 59.6 Å². The minimum Gasteiger partial charge on any atom is -0.382 e. The van der Waals surface area contributed by atoms with Crippen LogP contribution in [0.2, 0.25) is 0 Å². The van der Waals surface area contributed by atoms with E-state index in [1.54, 1.807) is 0 Å². The summed E-state index contributed by atoms with van der Waals surface area (Å²) in [6.45, 7) is 11.3. The zero-order chi connectivity index (χ0) is 15.7. The van der Waals surface area contributed by atoms with Crippen molar-refractivity contribution in [2.45, 2.75) is 72.3 Å². The van der Waals surface area contributed by atoms with Crippen LogP contribution in [0, 0.1) is 11.3 Å². The Bertz CT molecular complexity index is 317. The van der Waals surface area contributed by atoms with Gasteiger partial charge < -0.3 is 15.8 Å². The molecule has 0 saturated heterocycles. The minimum absolute atomic E-state index is 0. The fourth-order valence-corrected chi connectivity index (χ4v) is 2.55. The fourth-order valence-electron chi connectivity index (χ4n) is 2.55. The molecule has 0 radical (unpaired) electrons. The average Bonchev–Trinajstić information content (AvgIpc) is 3.17. The summed E-state index contributed by atoms with van der Waals surface area (Å²) in [5.41, 5.74) is 6.38. The lowest BCUT2D eigenvalue weighted by Crippen LogP contribution is -2.38. The molecule has 5 heteroatoms. The van der Waals surface area contributed by atoms with Crippen molar-refractivity contribution in [3.63, 3.8) is 0 Å². The second-order valence-electron chi connectivity index (χ2n) is 7.02. The first-order chi connectivity index (χ1) is 9.97. The first-order valence-corrected chi connectivity index (χ1v) is 8.61. The standard InChI is InChI=1S/C17H35N3O.HI/c1-5-21-12-11-17(9-10-17)13-19-16(18)20-15(4)8-6-7-14(2)3;/h14-15H,5-13H2,1-4H3,(H3,18,19,20);1H. The number of hydrogen-bond acceptors (Lipinski definition) is 2. The molecule has 0 aliphatic heterocycles. The maximum atomic E-state index is 6.00. The molecule has 1 saturated carbocycles. The van der Waals surface area contributed by atoms with E-state index < -0.39 is 0 Å². The van der Waals surface area contributed by atoms with Crippen molar-refractivity contribution in [3.8, 4) is 0 Å². The molecular formula is C17H36IN3O. The van der Waals surface area contributed by atoms with Crippen LogP contribution in [0.1, 0.15) is 66.2 Å². The van der Waals surface area contributed by atoms with Crippen LogP contribution in [-0.4, -0.2) is 31.8 Å². The number of aliphatic imine (C=N–C) groups is 1. The van der Waals surface area contributed by atoms with Crippen molar-refractivity contribution in [1.29, 1.82) is 0 Å². The van der Waals surface area contributed by atoms with Crippen LogP contribution < -0.4 is 11.1 Å². The maximum absolute atomic E-state index is 6.00. The summed E-state index contributed by atoms with van der Waals surface area (Å²) in [5.74, 6) is 1.39. The van der Waals surface area contributed by atoms with Crippen molar-refractivity contribution in [1.82, 2.24) is 5.32 Å². The molecule has 3 N–H and O–H groups in total. The Morgan fingerprint density at radius 3 is 2.50 bits per heavy atom. The van der Waals surface area contributed by atoms with Gasteiger partial charge in [-0.05, 0) is 50.9 Å². The first-order valence-electron chi connectivity index (χ1n) is 8.61. The number of nitrogens with zero attached hydrogens (tertiary/aromatic N) is 1. The van der Waals surface area contributed by atoms with Crippen molar-refractivity contribution in [3.05, 3.63) is 0 Å². The van der Waals surface area contributed by atoms with Gasteiger partial charge in [0.1, 0.15) is 0 Å². The van der Waals surface area contributed by atoms with Gasteiger partial charge in [-0.25, -0.2) is 0 Å². The van der Waals surface area contributed by atoms with Gasteiger partial charge in [-0.1, -0.05) is 26.7 Å². The van der Waals surface area contributed by atoms with E-state index in [1.807, 2.05) is 6.92 Å². The molecule has 4 nitrogen and oxygen atoms in total. The number of hydrogen-bond donors (Lipinski definition) is 2. The van der Waals surface area contributed by atoms with E-state index in [-0.39, 0.29) is 24.0 Å². The minimum atomic E-state index is 0. The highest BCUT2D eigenvalue weighted by Gasteiger charge is 2.41. The summed E-state index contributed by atoms with van der Waals surface area (Å²) >= 11 is 0. The van der Waals surface area contributed by atoms with E-state index >= 15 is 0 Å². The third-order valence-corrected chi connectivity index (χ3v) is 4.34. The van der Waals surface area contributed by atoms with Crippen LogP contribution in [0.4, 0.5) is 0 Å². The predicted octanol–water partition coefficient (Wildman–Crippen LogP) is 3.93. The molecule has 132 valence electrons. The molecule has 0 aromatic carbocycles. The average molecular weight is 425 g/mol. The Hall–Kier alpha value is -0.0400. The third kappa shape index (κ3) is 9.87. The van der Waals surface area contributed by atoms with E-state index in [4.69, 9.17) is 10.5 Å². The normalized spacial score (nSPS) is 18.0. The molecule has 1 rings (SSSR count). The van der Waals surface area contributed by atoms with Crippen LogP contribution >= 0.6 is 24.0 Å². The quantitative estimate of drug-likeness (QED) is 0.228. The van der Waals surface area contributed by atoms with Gasteiger partial charge in [-0.15, -0.1) is 24.0 Å². The van der Waals surface area contributed by atoms with Gasteiger partial charge in [0.2, 0.25) is 0 Å². The van der Waals surface area contributed by atoms with E-state index in [9.17, 15) is 0 Å². The molecule has 1 unspecified atom stereocenters. The number of halogens is 1. The maximum Gasteiger partial charge on any atom is 0.188 e. The lowest BCUT2D eigenvalue weighted by molar-refractivity contribution is 0.129. The number of nitrogens with one attached hydrogen (secondary N) is 1. The highest BCUT2D eigenvalue weighted by molar-refractivity contribution is 14.0. The van der Waals surface area contributed by atoms with Crippen molar-refractivity contribution >= 4 is 29.9 Å². The summed E-state index contributed by atoms with van der Waals surface area (Å²) in [5, 5.41) is 3.32. The van der Waals surface area contributed by atoms with Gasteiger partial charge in [0.25, 0.3) is 0 Å². The van der Waals surface area contributed by atoms with Crippen LogP contribution in [0.3, 0.4) is 0 Å². The van der Waals surface area contributed by atoms with E-state index in [2.05, 4.69) is 31.1 Å². The Balaban J connectivity index is 0.00000441. The highest BCUT2D eigenvalue weighted by atomic mass is 127. The molecule has 1 atom stereocenters. The smallest absolute Gasteiger partial charge is 0.188 e. The molecule has 1 aliphatic rings. The lowest BCUT2D eigenvalue weighted by Gasteiger charge is -2.16. The molecule has 0 amide bonds. The van der Waals surface area contributed by atoms with Crippen LogP contribution in [0.5, 0.6) is 0 Å². The van der Waals surface area contributed by atoms with Gasteiger partial charge in [0.05, 0.1) is 0 Å². The number of rotatable bonds is 11. The molecule has 0 bridgehead atoms. The van der Waals surface area contributed by atoms with Crippen LogP contribution in [0.25, 0.3) is 0 Å². The zero-order valence-corrected chi connectivity index (χ0v) is 17.2. The molecule has 0 aromatic rings. The Kier molecular flexibility index (Phi) is 11.5. The second-order valence-corrected chi connectivity index (χ2v) is 7.02. The molecule has 0 aromatic heterocycles. The number of nitrogens with two attached hydrogens (primary N) is 1. The first kappa shape index (κ1) is 22.0. The van der Waals surface area contributed by atoms with Gasteiger partial charge in [-0.2, -0.15) is 0 Å². The largest absolute Gasteiger partial charge is 0.382 e. The Morgan fingerprint density at radius 1 is 1.27 bits per heavy atom. The lowest BCUT2D eigenvalue weighted by atomic mass is 10.0. The van der Waals surface area contributed by atoms with Crippen molar-refractivity contribution in [2.75, 3.05) is 19.8 Å². The predicted molar refractivity (Wildman–Crippen MR) is 106 cm³/mol. The van der Waals surface area contributed by atoms with E-state index in [0.717, 1.165) is 38.5 Å². The van der Waals surface area contributed by atoms with Gasteiger partial charge in [-0.3, -0.25) is 4.99 Å². The fraction of sp³-hybridized carbons (Fsp3) is 0.941. The molecule has 0 spiro atoms. The van der Waals surface area contributed by atoms with Crippen LogP contribution in [-0.2, 0) is 4.74 Å². The van der Waals surface area contributed by atoms with Gasteiger partial charge in [0, 0.05) is 25.8 Å². The molecule has 1 fully saturated rings. The van der Waals surface area contributed by atoms with E-state index in [1.165, 1.54) is 25.7 Å². The molecule has 0 heterocycles. The molecular weight excluding hydrogens is 389 g/mol. The summed E-state index contributed by atoms with van der Waals surface area (Å²) < 4.78 is 5.45. The number of guanidine groups is 1. The monoisotopic (exact) mass is 425 g/mol. The van der Waals surface area contributed by atoms with Gasteiger partial charge in [0.15, 0.2) is 5.96 Å². The zero-order valence-electron chi connectivity index (χ0n) is 14.9. The molecule has 1 aliphatic carbocycles.